The van der Waals surface area contributed by atoms with Gasteiger partial charge in [-0.1, -0.05) is 71.9 Å². The van der Waals surface area contributed by atoms with Crippen LogP contribution in [0.25, 0.3) is 11.0 Å². The molecular weight excluding hydrogens is 490 g/mol. The van der Waals surface area contributed by atoms with Gasteiger partial charge in [-0.15, -0.1) is 5.10 Å². The molecule has 8 nitrogen and oxygen atoms in total. The highest BCUT2D eigenvalue weighted by molar-refractivity contribution is 6.01. The Hall–Kier alpha value is -4.98. The molecule has 5 rings (SSSR count). The van der Waals surface area contributed by atoms with Crippen molar-refractivity contribution in [3.63, 3.8) is 0 Å². The maximum atomic E-state index is 14.1. The van der Waals surface area contributed by atoms with Crippen molar-refractivity contribution in [3.8, 4) is 5.75 Å². The Morgan fingerprint density at radius 3 is 2.49 bits per heavy atom. The number of nitrogens with zero attached hydrogens (tertiary/aromatic N) is 4. The lowest BCUT2D eigenvalue weighted by atomic mass is 10.0. The molecule has 8 heteroatoms. The quantitative estimate of drug-likeness (QED) is 0.301. The number of carbonyl (C=O) groups excluding carboxylic acids is 2. The number of aromatic nitrogens is 3. The molecule has 4 aromatic carbocycles. The fraction of sp³-hybridized carbons (Fsp3) is 0.161. The number of aryl methyl sites for hydroxylation is 1. The fourth-order valence-electron chi connectivity index (χ4n) is 4.56. The van der Waals surface area contributed by atoms with Crippen molar-refractivity contribution >= 4 is 28.5 Å². The van der Waals surface area contributed by atoms with Gasteiger partial charge in [0.05, 0.1) is 12.6 Å². The Labute approximate surface area is 226 Å². The molecule has 0 saturated heterocycles. The zero-order chi connectivity index (χ0) is 27.2. The summed E-state index contributed by atoms with van der Waals surface area (Å²) < 4.78 is 7.02. The third-order valence-electron chi connectivity index (χ3n) is 6.48. The van der Waals surface area contributed by atoms with E-state index >= 15 is 0 Å². The summed E-state index contributed by atoms with van der Waals surface area (Å²) in [5.41, 5.74) is 4.58. The molecule has 39 heavy (non-hydrogen) atoms. The molecule has 1 N–H and O–H groups in total. The van der Waals surface area contributed by atoms with E-state index in [1.807, 2.05) is 104 Å². The van der Waals surface area contributed by atoms with Crippen LogP contribution >= 0.6 is 0 Å². The number of para-hydroxylation sites is 1. The molecule has 1 heterocycles. The van der Waals surface area contributed by atoms with Crippen molar-refractivity contribution in [2.24, 2.45) is 0 Å². The van der Waals surface area contributed by atoms with E-state index in [-0.39, 0.29) is 18.4 Å². The molecule has 0 aliphatic heterocycles. The van der Waals surface area contributed by atoms with Crippen molar-refractivity contribution in [1.82, 2.24) is 20.3 Å². The number of ether oxygens (including phenoxy) is 1. The molecular formula is C31H29N5O3. The first-order valence-corrected chi connectivity index (χ1v) is 12.7. The van der Waals surface area contributed by atoms with Gasteiger partial charge in [0, 0.05) is 12.2 Å². The molecule has 196 valence electrons. The number of hydrogen-bond donors (Lipinski definition) is 1. The van der Waals surface area contributed by atoms with Gasteiger partial charge in [-0.2, -0.15) is 0 Å². The summed E-state index contributed by atoms with van der Waals surface area (Å²) in [5.74, 6) is -0.0309. The number of fused-ring (bicyclic) bond motifs is 1. The van der Waals surface area contributed by atoms with Crippen LogP contribution in [0.2, 0.25) is 0 Å². The number of hydrogen-bond acceptors (Lipinski definition) is 5. The van der Waals surface area contributed by atoms with Crippen LogP contribution in [0.3, 0.4) is 0 Å². The average Bonchev–Trinajstić information content (AvgIpc) is 3.37. The van der Waals surface area contributed by atoms with E-state index < -0.39 is 6.04 Å². The first-order chi connectivity index (χ1) is 19.0. The van der Waals surface area contributed by atoms with E-state index in [9.17, 15) is 9.59 Å². The second kappa shape index (κ2) is 11.6. The number of anilines is 1. The summed E-state index contributed by atoms with van der Waals surface area (Å²) in [4.78, 5) is 29.6. The maximum absolute atomic E-state index is 14.1. The summed E-state index contributed by atoms with van der Waals surface area (Å²) in [6, 6.07) is 31.0. The van der Waals surface area contributed by atoms with E-state index in [4.69, 9.17) is 4.74 Å². The summed E-state index contributed by atoms with van der Waals surface area (Å²) in [6.07, 6.45) is 0. The van der Waals surface area contributed by atoms with Gasteiger partial charge in [-0.3, -0.25) is 14.5 Å². The van der Waals surface area contributed by atoms with Gasteiger partial charge >= 0.3 is 0 Å². The van der Waals surface area contributed by atoms with Gasteiger partial charge in [0.2, 0.25) is 11.8 Å². The molecule has 2 amide bonds. The van der Waals surface area contributed by atoms with E-state index in [0.29, 0.717) is 29.1 Å². The topological polar surface area (TPSA) is 89.4 Å². The third kappa shape index (κ3) is 5.80. The molecule has 0 saturated carbocycles. The fourth-order valence-corrected chi connectivity index (χ4v) is 4.56. The lowest BCUT2D eigenvalue weighted by Gasteiger charge is -2.32. The summed E-state index contributed by atoms with van der Waals surface area (Å²) in [7, 11) is 1.57. The molecule has 0 unspecified atom stereocenters. The van der Waals surface area contributed by atoms with Crippen LogP contribution in [-0.2, 0) is 22.7 Å². The van der Waals surface area contributed by atoms with E-state index in [0.717, 1.165) is 16.6 Å². The van der Waals surface area contributed by atoms with Crippen molar-refractivity contribution in [3.05, 3.63) is 120 Å². The minimum absolute atomic E-state index is 0.0963. The third-order valence-corrected chi connectivity index (χ3v) is 6.48. The molecule has 0 aliphatic carbocycles. The minimum atomic E-state index is -0.965. The minimum Gasteiger partial charge on any atom is -0.497 e. The van der Waals surface area contributed by atoms with Crippen molar-refractivity contribution in [2.75, 3.05) is 12.0 Å². The second-order valence-corrected chi connectivity index (χ2v) is 9.22. The van der Waals surface area contributed by atoms with Crippen LogP contribution in [0, 0.1) is 6.92 Å². The van der Waals surface area contributed by atoms with E-state index in [1.165, 1.54) is 0 Å². The Kier molecular flexibility index (Phi) is 7.63. The van der Waals surface area contributed by atoms with Gasteiger partial charge < -0.3 is 10.1 Å². The lowest BCUT2D eigenvalue weighted by Crippen LogP contribution is -2.45. The Morgan fingerprint density at radius 1 is 0.923 bits per heavy atom. The standard InChI is InChI=1S/C31H29N5O3/c1-22-10-8-14-25(18-22)36(29(37)21-35-28-17-7-6-16-27(28)33-34-35)30(24-13-9-15-26(19-24)39-2)31(38)32-20-23-11-4-3-5-12-23/h3-19,30H,20-21H2,1-2H3,(H,32,38)/t30-/m0/s1. The number of benzene rings is 4. The number of carbonyl (C=O) groups is 2. The zero-order valence-electron chi connectivity index (χ0n) is 21.8. The normalized spacial score (nSPS) is 11.6. The number of rotatable bonds is 9. The van der Waals surface area contributed by atoms with E-state index in [1.54, 1.807) is 22.8 Å². The van der Waals surface area contributed by atoms with Crippen LogP contribution in [0.15, 0.2) is 103 Å². The second-order valence-electron chi connectivity index (χ2n) is 9.22. The first kappa shape index (κ1) is 25.7. The maximum Gasteiger partial charge on any atom is 0.249 e. The van der Waals surface area contributed by atoms with Crippen LogP contribution < -0.4 is 15.0 Å². The van der Waals surface area contributed by atoms with Gasteiger partial charge in [0.1, 0.15) is 23.9 Å². The van der Waals surface area contributed by atoms with Gasteiger partial charge in [0.25, 0.3) is 0 Å². The van der Waals surface area contributed by atoms with Crippen molar-refractivity contribution < 1.29 is 14.3 Å². The molecule has 1 aromatic heterocycles. The van der Waals surface area contributed by atoms with Crippen LogP contribution in [0.1, 0.15) is 22.7 Å². The van der Waals surface area contributed by atoms with Crippen LogP contribution in [-0.4, -0.2) is 33.9 Å². The Morgan fingerprint density at radius 2 is 1.69 bits per heavy atom. The highest BCUT2D eigenvalue weighted by Crippen LogP contribution is 2.31. The molecule has 0 radical (unpaired) electrons. The molecule has 0 bridgehead atoms. The van der Waals surface area contributed by atoms with E-state index in [2.05, 4.69) is 15.6 Å². The number of nitrogens with one attached hydrogen (secondary N) is 1. The predicted molar refractivity (Wildman–Crippen MR) is 150 cm³/mol. The largest absolute Gasteiger partial charge is 0.497 e. The highest BCUT2D eigenvalue weighted by atomic mass is 16.5. The van der Waals surface area contributed by atoms with Crippen LogP contribution in [0.5, 0.6) is 5.75 Å². The van der Waals surface area contributed by atoms with Gasteiger partial charge in [0.15, 0.2) is 0 Å². The number of methoxy groups -OCH3 is 1. The zero-order valence-corrected chi connectivity index (χ0v) is 21.8. The molecule has 0 fully saturated rings. The summed E-state index contributed by atoms with van der Waals surface area (Å²) in [6.45, 7) is 2.18. The molecule has 1 atom stereocenters. The summed E-state index contributed by atoms with van der Waals surface area (Å²) >= 11 is 0. The molecule has 5 aromatic rings. The average molecular weight is 520 g/mol. The predicted octanol–water partition coefficient (Wildman–Crippen LogP) is 4.84. The smallest absolute Gasteiger partial charge is 0.249 e. The summed E-state index contributed by atoms with van der Waals surface area (Å²) in [5, 5.41) is 11.4. The molecule has 0 spiro atoms. The van der Waals surface area contributed by atoms with Gasteiger partial charge in [-0.25, -0.2) is 4.68 Å². The SMILES string of the molecule is COc1cccc([C@@H](C(=O)NCc2ccccc2)N(C(=O)Cn2nnc3ccccc32)c2cccc(C)c2)c1. The number of amides is 2. The lowest BCUT2D eigenvalue weighted by molar-refractivity contribution is -0.127. The first-order valence-electron chi connectivity index (χ1n) is 12.7. The molecule has 0 aliphatic rings. The van der Waals surface area contributed by atoms with Gasteiger partial charge in [-0.05, 0) is 60.0 Å². The Bertz CT molecular complexity index is 1600. The van der Waals surface area contributed by atoms with Crippen molar-refractivity contribution in [1.29, 1.82) is 0 Å². The monoisotopic (exact) mass is 519 g/mol. The van der Waals surface area contributed by atoms with Crippen LogP contribution in [0.4, 0.5) is 5.69 Å². The Balaban J connectivity index is 1.57. The highest BCUT2D eigenvalue weighted by Gasteiger charge is 2.33. The van der Waals surface area contributed by atoms with Crippen molar-refractivity contribution in [2.45, 2.75) is 26.1 Å².